The molecule has 2 unspecified atom stereocenters. The zero-order chi connectivity index (χ0) is 15.2. The summed E-state index contributed by atoms with van der Waals surface area (Å²) in [4.78, 5) is 12.0. The van der Waals surface area contributed by atoms with Crippen molar-refractivity contribution in [2.75, 3.05) is 6.61 Å². The molecule has 0 fully saturated rings. The third kappa shape index (κ3) is 4.30. The highest BCUT2D eigenvalue weighted by Gasteiger charge is 2.38. The van der Waals surface area contributed by atoms with Gasteiger partial charge in [0.15, 0.2) is 0 Å². The fourth-order valence-electron chi connectivity index (χ4n) is 2.36. The number of benzene rings is 1. The van der Waals surface area contributed by atoms with E-state index in [-0.39, 0.29) is 18.8 Å². The quantitative estimate of drug-likeness (QED) is 0.782. The van der Waals surface area contributed by atoms with Gasteiger partial charge in [-0.2, -0.15) is 0 Å². The first-order valence-corrected chi connectivity index (χ1v) is 7.04. The van der Waals surface area contributed by atoms with E-state index in [0.717, 1.165) is 6.42 Å². The maximum Gasteiger partial charge on any atom is 0.311 e. The number of esters is 1. The van der Waals surface area contributed by atoms with Crippen molar-refractivity contribution in [1.82, 2.24) is 0 Å². The number of ether oxygens (including phenoxy) is 1. The van der Waals surface area contributed by atoms with E-state index >= 15 is 0 Å². The van der Waals surface area contributed by atoms with Crippen molar-refractivity contribution >= 4 is 5.97 Å². The molecule has 4 heteroatoms. The van der Waals surface area contributed by atoms with Crippen LogP contribution in [0.5, 0.6) is 0 Å². The van der Waals surface area contributed by atoms with Crippen molar-refractivity contribution < 1.29 is 19.0 Å². The Morgan fingerprint density at radius 3 is 2.60 bits per heavy atom. The monoisotopic (exact) mass is 282 g/mol. The molecule has 1 aromatic carbocycles. The Balaban J connectivity index is 2.92. The standard InChI is InChI=1S/C16H23FO3/c1-4-8-13(15(18)20-5-2)16(3,19)11-12-9-6-7-10-14(12)17/h6-7,9-10,13,19H,4-5,8,11H2,1-3H3. The lowest BCUT2D eigenvalue weighted by atomic mass is 9.81. The van der Waals surface area contributed by atoms with Crippen LogP contribution in [0.3, 0.4) is 0 Å². The number of carbonyl (C=O) groups excluding carboxylic acids is 1. The smallest absolute Gasteiger partial charge is 0.311 e. The van der Waals surface area contributed by atoms with E-state index in [0.29, 0.717) is 12.0 Å². The SMILES string of the molecule is CCCC(C(=O)OCC)C(C)(O)Cc1ccccc1F. The van der Waals surface area contributed by atoms with Crippen LogP contribution in [0.15, 0.2) is 24.3 Å². The first-order chi connectivity index (χ1) is 9.42. The Morgan fingerprint density at radius 2 is 2.05 bits per heavy atom. The maximum atomic E-state index is 13.7. The van der Waals surface area contributed by atoms with Gasteiger partial charge in [-0.3, -0.25) is 4.79 Å². The molecular formula is C16H23FO3. The minimum atomic E-state index is -1.33. The predicted octanol–water partition coefficient (Wildman–Crippen LogP) is 3.10. The predicted molar refractivity (Wildman–Crippen MR) is 75.8 cm³/mol. The fourth-order valence-corrected chi connectivity index (χ4v) is 2.36. The second-order valence-corrected chi connectivity index (χ2v) is 5.22. The highest BCUT2D eigenvalue weighted by molar-refractivity contribution is 5.73. The Kier molecular flexibility index (Phi) is 6.14. The minimum absolute atomic E-state index is 0.0865. The van der Waals surface area contributed by atoms with Crippen LogP contribution in [0, 0.1) is 11.7 Å². The summed E-state index contributed by atoms with van der Waals surface area (Å²) in [7, 11) is 0. The molecule has 0 aliphatic rings. The average molecular weight is 282 g/mol. The highest BCUT2D eigenvalue weighted by Crippen LogP contribution is 2.28. The van der Waals surface area contributed by atoms with E-state index in [2.05, 4.69) is 0 Å². The first-order valence-electron chi connectivity index (χ1n) is 7.04. The third-order valence-electron chi connectivity index (χ3n) is 3.41. The number of halogens is 1. The Morgan fingerprint density at radius 1 is 1.40 bits per heavy atom. The van der Waals surface area contributed by atoms with Gasteiger partial charge < -0.3 is 9.84 Å². The molecule has 112 valence electrons. The van der Waals surface area contributed by atoms with Gasteiger partial charge in [0.25, 0.3) is 0 Å². The largest absolute Gasteiger partial charge is 0.466 e. The number of rotatable bonds is 7. The molecule has 1 rings (SSSR count). The third-order valence-corrected chi connectivity index (χ3v) is 3.41. The van der Waals surface area contributed by atoms with Gasteiger partial charge in [0.1, 0.15) is 5.82 Å². The number of aliphatic hydroxyl groups is 1. The molecule has 0 saturated carbocycles. The molecule has 0 aliphatic carbocycles. The molecule has 20 heavy (non-hydrogen) atoms. The number of hydrogen-bond acceptors (Lipinski definition) is 3. The van der Waals surface area contributed by atoms with Crippen LogP contribution in [-0.4, -0.2) is 23.3 Å². The molecule has 0 saturated heterocycles. The van der Waals surface area contributed by atoms with Gasteiger partial charge in [-0.25, -0.2) is 4.39 Å². The van der Waals surface area contributed by atoms with E-state index < -0.39 is 17.5 Å². The van der Waals surface area contributed by atoms with Crippen molar-refractivity contribution in [3.8, 4) is 0 Å². The molecule has 0 heterocycles. The van der Waals surface area contributed by atoms with E-state index in [1.807, 2.05) is 6.92 Å². The van der Waals surface area contributed by atoms with Crippen LogP contribution < -0.4 is 0 Å². The number of hydrogen-bond donors (Lipinski definition) is 1. The zero-order valence-electron chi connectivity index (χ0n) is 12.4. The molecular weight excluding hydrogens is 259 g/mol. The molecule has 0 spiro atoms. The van der Waals surface area contributed by atoms with Gasteiger partial charge in [0.2, 0.25) is 0 Å². The van der Waals surface area contributed by atoms with E-state index in [9.17, 15) is 14.3 Å². The molecule has 0 amide bonds. The Hall–Kier alpha value is -1.42. The molecule has 3 nitrogen and oxygen atoms in total. The van der Waals surface area contributed by atoms with Crippen molar-refractivity contribution in [1.29, 1.82) is 0 Å². The number of carbonyl (C=O) groups is 1. The molecule has 0 aliphatic heterocycles. The molecule has 1 N–H and O–H groups in total. The van der Waals surface area contributed by atoms with Gasteiger partial charge >= 0.3 is 5.97 Å². The Labute approximate surface area is 119 Å². The van der Waals surface area contributed by atoms with E-state index in [1.165, 1.54) is 6.07 Å². The van der Waals surface area contributed by atoms with Gasteiger partial charge in [-0.1, -0.05) is 31.5 Å². The van der Waals surface area contributed by atoms with Crippen LogP contribution in [0.25, 0.3) is 0 Å². The summed E-state index contributed by atoms with van der Waals surface area (Å²) >= 11 is 0. The molecule has 0 bridgehead atoms. The maximum absolute atomic E-state index is 13.7. The van der Waals surface area contributed by atoms with Crippen LogP contribution in [0.2, 0.25) is 0 Å². The van der Waals surface area contributed by atoms with Crippen LogP contribution in [0.1, 0.15) is 39.2 Å². The normalized spacial score (nSPS) is 15.4. The lowest BCUT2D eigenvalue weighted by Crippen LogP contribution is -2.42. The first kappa shape index (κ1) is 16.6. The summed E-state index contributed by atoms with van der Waals surface area (Å²) in [5.74, 6) is -1.44. The summed E-state index contributed by atoms with van der Waals surface area (Å²) in [6, 6.07) is 6.29. The average Bonchev–Trinajstić information content (AvgIpc) is 2.38. The lowest BCUT2D eigenvalue weighted by molar-refractivity contribution is -0.157. The summed E-state index contributed by atoms with van der Waals surface area (Å²) in [5, 5.41) is 10.6. The zero-order valence-corrected chi connectivity index (χ0v) is 12.4. The second-order valence-electron chi connectivity index (χ2n) is 5.22. The van der Waals surface area contributed by atoms with Crippen LogP contribution >= 0.6 is 0 Å². The fraction of sp³-hybridized carbons (Fsp3) is 0.562. The molecule has 0 radical (unpaired) electrons. The van der Waals surface area contributed by atoms with Crippen molar-refractivity contribution in [2.45, 2.75) is 45.6 Å². The molecule has 1 aromatic rings. The van der Waals surface area contributed by atoms with E-state index in [4.69, 9.17) is 4.74 Å². The van der Waals surface area contributed by atoms with Crippen molar-refractivity contribution in [2.24, 2.45) is 5.92 Å². The Bertz CT molecular complexity index is 443. The van der Waals surface area contributed by atoms with Crippen LogP contribution in [-0.2, 0) is 16.0 Å². The van der Waals surface area contributed by atoms with Crippen molar-refractivity contribution in [3.63, 3.8) is 0 Å². The summed E-state index contributed by atoms with van der Waals surface area (Å²) < 4.78 is 18.7. The van der Waals surface area contributed by atoms with E-state index in [1.54, 1.807) is 32.0 Å². The minimum Gasteiger partial charge on any atom is -0.466 e. The summed E-state index contributed by atoms with van der Waals surface area (Å²) in [6.45, 7) is 5.50. The second kappa shape index (κ2) is 7.39. The van der Waals surface area contributed by atoms with Gasteiger partial charge in [-0.15, -0.1) is 0 Å². The van der Waals surface area contributed by atoms with Crippen molar-refractivity contribution in [3.05, 3.63) is 35.6 Å². The van der Waals surface area contributed by atoms with Gasteiger partial charge in [0, 0.05) is 6.42 Å². The van der Waals surface area contributed by atoms with Crippen LogP contribution in [0.4, 0.5) is 4.39 Å². The van der Waals surface area contributed by atoms with Gasteiger partial charge in [0.05, 0.1) is 18.1 Å². The van der Waals surface area contributed by atoms with Gasteiger partial charge in [-0.05, 0) is 31.9 Å². The molecule has 0 aromatic heterocycles. The lowest BCUT2D eigenvalue weighted by Gasteiger charge is -2.31. The highest BCUT2D eigenvalue weighted by atomic mass is 19.1. The topological polar surface area (TPSA) is 46.5 Å². The summed E-state index contributed by atoms with van der Waals surface area (Å²) in [6.07, 6.45) is 1.35. The molecule has 2 atom stereocenters. The summed E-state index contributed by atoms with van der Waals surface area (Å²) in [5.41, 5.74) is -0.923.